The highest BCUT2D eigenvalue weighted by atomic mass is 16.5. The van der Waals surface area contributed by atoms with Crippen LogP contribution in [0.1, 0.15) is 35.3 Å². The van der Waals surface area contributed by atoms with E-state index in [2.05, 4.69) is 5.32 Å². The van der Waals surface area contributed by atoms with Crippen molar-refractivity contribution in [1.82, 2.24) is 5.32 Å². The van der Waals surface area contributed by atoms with E-state index in [0.29, 0.717) is 22.3 Å². The molecule has 0 aliphatic heterocycles. The first-order chi connectivity index (χ1) is 13.8. The summed E-state index contributed by atoms with van der Waals surface area (Å²) in [5.74, 6) is 0.136. The first-order valence-corrected chi connectivity index (χ1v) is 9.50. The van der Waals surface area contributed by atoms with Crippen molar-refractivity contribution in [2.24, 2.45) is 0 Å². The molecule has 6 nitrogen and oxygen atoms in total. The smallest absolute Gasteiger partial charge is 0.339 e. The van der Waals surface area contributed by atoms with E-state index in [1.165, 1.54) is 0 Å². The van der Waals surface area contributed by atoms with Crippen molar-refractivity contribution in [2.45, 2.75) is 39.9 Å². The third kappa shape index (κ3) is 4.49. The maximum Gasteiger partial charge on any atom is 0.339 e. The Morgan fingerprint density at radius 2 is 1.83 bits per heavy atom. The Morgan fingerprint density at radius 3 is 2.52 bits per heavy atom. The molecule has 3 aromatic rings. The summed E-state index contributed by atoms with van der Waals surface area (Å²) in [6.07, 6.45) is -1.60. The van der Waals surface area contributed by atoms with Crippen molar-refractivity contribution in [2.75, 3.05) is 6.54 Å². The first-order valence-electron chi connectivity index (χ1n) is 9.50. The van der Waals surface area contributed by atoms with Crippen LogP contribution in [-0.2, 0) is 4.79 Å². The molecule has 0 aliphatic rings. The van der Waals surface area contributed by atoms with E-state index >= 15 is 0 Å². The number of aliphatic hydroxyl groups excluding tert-OH is 1. The van der Waals surface area contributed by atoms with Gasteiger partial charge in [0.05, 0.1) is 11.5 Å². The SMILES string of the molecule is Cc1cc(O[C@@H](C)C(=O)NC[C@@H](O)c2ccccc2)c2c(C)c(C)c(=O)oc2c1. The number of aliphatic hydroxyl groups is 1. The van der Waals surface area contributed by atoms with Crippen LogP contribution in [0.2, 0.25) is 0 Å². The molecular formula is C23H25NO5. The van der Waals surface area contributed by atoms with Crippen molar-refractivity contribution >= 4 is 16.9 Å². The number of amides is 1. The van der Waals surface area contributed by atoms with Crippen LogP contribution in [0, 0.1) is 20.8 Å². The van der Waals surface area contributed by atoms with Gasteiger partial charge in [-0.2, -0.15) is 0 Å². The Balaban J connectivity index is 1.77. The highest BCUT2D eigenvalue weighted by molar-refractivity contribution is 5.89. The number of hydrogen-bond donors (Lipinski definition) is 2. The highest BCUT2D eigenvalue weighted by Crippen LogP contribution is 2.31. The number of hydrogen-bond acceptors (Lipinski definition) is 5. The lowest BCUT2D eigenvalue weighted by molar-refractivity contribution is -0.127. The molecule has 0 saturated heterocycles. The third-order valence-corrected chi connectivity index (χ3v) is 4.98. The van der Waals surface area contributed by atoms with Gasteiger partial charge in [-0.1, -0.05) is 30.3 Å². The molecule has 0 fully saturated rings. The highest BCUT2D eigenvalue weighted by Gasteiger charge is 2.20. The molecular weight excluding hydrogens is 370 g/mol. The summed E-state index contributed by atoms with van der Waals surface area (Å²) in [5, 5.41) is 13.6. The minimum absolute atomic E-state index is 0.0815. The van der Waals surface area contributed by atoms with Crippen molar-refractivity contribution in [1.29, 1.82) is 0 Å². The van der Waals surface area contributed by atoms with Gasteiger partial charge >= 0.3 is 5.63 Å². The van der Waals surface area contributed by atoms with Gasteiger partial charge in [0.25, 0.3) is 5.91 Å². The normalized spacial score (nSPS) is 13.1. The fraction of sp³-hybridized carbons (Fsp3) is 0.304. The molecule has 0 radical (unpaired) electrons. The van der Waals surface area contributed by atoms with Crippen LogP contribution in [0.4, 0.5) is 0 Å². The van der Waals surface area contributed by atoms with Crippen LogP contribution in [0.15, 0.2) is 51.7 Å². The molecule has 6 heteroatoms. The van der Waals surface area contributed by atoms with Gasteiger partial charge in [0.1, 0.15) is 11.3 Å². The second-order valence-corrected chi connectivity index (χ2v) is 7.21. The van der Waals surface area contributed by atoms with Crippen LogP contribution in [0.5, 0.6) is 5.75 Å². The average Bonchev–Trinajstić information content (AvgIpc) is 2.70. The fourth-order valence-electron chi connectivity index (χ4n) is 3.16. The Labute approximate surface area is 169 Å². The van der Waals surface area contributed by atoms with Gasteiger partial charge < -0.3 is 19.6 Å². The molecule has 0 aliphatic carbocycles. The minimum atomic E-state index is -0.800. The zero-order valence-electron chi connectivity index (χ0n) is 17.0. The molecule has 0 spiro atoms. The monoisotopic (exact) mass is 395 g/mol. The number of rotatable bonds is 6. The van der Waals surface area contributed by atoms with Crippen LogP contribution in [-0.4, -0.2) is 23.7 Å². The number of carbonyl (C=O) groups is 1. The Hall–Kier alpha value is -3.12. The summed E-state index contributed by atoms with van der Waals surface area (Å²) < 4.78 is 11.3. The summed E-state index contributed by atoms with van der Waals surface area (Å²) in [5.41, 5.74) is 2.90. The molecule has 0 unspecified atom stereocenters. The lowest BCUT2D eigenvalue weighted by atomic mass is 10.0. The Morgan fingerprint density at radius 1 is 1.14 bits per heavy atom. The quantitative estimate of drug-likeness (QED) is 0.625. The summed E-state index contributed by atoms with van der Waals surface area (Å²) >= 11 is 0. The first kappa shape index (κ1) is 20.6. The number of ether oxygens (including phenoxy) is 1. The van der Waals surface area contributed by atoms with E-state index in [1.54, 1.807) is 32.0 Å². The van der Waals surface area contributed by atoms with Gasteiger partial charge in [-0.05, 0) is 56.5 Å². The van der Waals surface area contributed by atoms with Crippen LogP contribution in [0.25, 0.3) is 11.0 Å². The average molecular weight is 395 g/mol. The van der Waals surface area contributed by atoms with Crippen molar-refractivity contribution in [3.05, 3.63) is 75.1 Å². The molecule has 152 valence electrons. The molecule has 1 heterocycles. The van der Waals surface area contributed by atoms with Gasteiger partial charge in [-0.3, -0.25) is 4.79 Å². The van der Waals surface area contributed by atoms with Gasteiger partial charge in [0.2, 0.25) is 0 Å². The fourth-order valence-corrected chi connectivity index (χ4v) is 3.16. The topological polar surface area (TPSA) is 88.8 Å². The van der Waals surface area contributed by atoms with E-state index in [-0.39, 0.29) is 18.1 Å². The van der Waals surface area contributed by atoms with Crippen LogP contribution in [0.3, 0.4) is 0 Å². The standard InChI is InChI=1S/C23H25NO5/c1-13-10-19(21-14(2)15(3)23(27)29-20(21)11-13)28-16(4)22(26)24-12-18(25)17-8-6-5-7-9-17/h5-11,16,18,25H,12H2,1-4H3,(H,24,26)/t16-,18+/m0/s1. The molecule has 0 bridgehead atoms. The summed E-state index contributed by atoms with van der Waals surface area (Å²) in [6, 6.07) is 12.7. The zero-order chi connectivity index (χ0) is 21.1. The van der Waals surface area contributed by atoms with E-state index in [4.69, 9.17) is 9.15 Å². The lowest BCUT2D eigenvalue weighted by Gasteiger charge is -2.19. The molecule has 29 heavy (non-hydrogen) atoms. The van der Waals surface area contributed by atoms with E-state index in [0.717, 1.165) is 16.7 Å². The molecule has 2 atom stereocenters. The largest absolute Gasteiger partial charge is 0.480 e. The predicted molar refractivity (Wildman–Crippen MR) is 111 cm³/mol. The second kappa shape index (κ2) is 8.49. The molecule has 2 aromatic carbocycles. The van der Waals surface area contributed by atoms with Crippen molar-refractivity contribution in [3.8, 4) is 5.75 Å². The van der Waals surface area contributed by atoms with Crippen LogP contribution >= 0.6 is 0 Å². The van der Waals surface area contributed by atoms with Crippen molar-refractivity contribution < 1.29 is 19.1 Å². The summed E-state index contributed by atoms with van der Waals surface area (Å²) in [4.78, 5) is 24.5. The van der Waals surface area contributed by atoms with Crippen LogP contribution < -0.4 is 15.7 Å². The number of aryl methyl sites for hydroxylation is 2. The third-order valence-electron chi connectivity index (χ3n) is 4.98. The summed E-state index contributed by atoms with van der Waals surface area (Å²) in [7, 11) is 0. The predicted octanol–water partition coefficient (Wildman–Crippen LogP) is 3.34. The number of carbonyl (C=O) groups excluding carboxylic acids is 1. The number of fused-ring (bicyclic) bond motifs is 1. The molecule has 3 rings (SSSR count). The maximum absolute atomic E-state index is 12.5. The van der Waals surface area contributed by atoms with Gasteiger partial charge in [-0.15, -0.1) is 0 Å². The maximum atomic E-state index is 12.5. The number of benzene rings is 2. The van der Waals surface area contributed by atoms with E-state index < -0.39 is 12.2 Å². The Kier molecular flexibility index (Phi) is 6.03. The van der Waals surface area contributed by atoms with Gasteiger partial charge in [0, 0.05) is 12.1 Å². The number of nitrogens with one attached hydrogen (secondary N) is 1. The molecule has 1 amide bonds. The molecule has 1 aromatic heterocycles. The Bertz CT molecular complexity index is 1090. The van der Waals surface area contributed by atoms with Crippen molar-refractivity contribution in [3.63, 3.8) is 0 Å². The van der Waals surface area contributed by atoms with E-state index in [1.807, 2.05) is 38.1 Å². The molecule has 0 saturated carbocycles. The molecule has 2 N–H and O–H groups in total. The lowest BCUT2D eigenvalue weighted by Crippen LogP contribution is -2.38. The van der Waals surface area contributed by atoms with E-state index in [9.17, 15) is 14.7 Å². The van der Waals surface area contributed by atoms with Gasteiger partial charge in [0.15, 0.2) is 6.10 Å². The minimum Gasteiger partial charge on any atom is -0.480 e. The zero-order valence-corrected chi connectivity index (χ0v) is 17.0. The summed E-state index contributed by atoms with van der Waals surface area (Å²) in [6.45, 7) is 7.11. The second-order valence-electron chi connectivity index (χ2n) is 7.21. The van der Waals surface area contributed by atoms with Gasteiger partial charge in [-0.25, -0.2) is 4.79 Å².